The van der Waals surface area contributed by atoms with Gasteiger partial charge >= 0.3 is 0 Å². The zero-order valence-electron chi connectivity index (χ0n) is 5.77. The molecule has 0 saturated carbocycles. The van der Waals surface area contributed by atoms with Gasteiger partial charge in [0, 0.05) is 0 Å². The highest BCUT2D eigenvalue weighted by molar-refractivity contribution is 7.80. The van der Waals surface area contributed by atoms with Crippen molar-refractivity contribution in [1.29, 1.82) is 0 Å². The highest BCUT2D eigenvalue weighted by Crippen LogP contribution is 2.13. The molecule has 0 aromatic rings. The third-order valence-corrected chi connectivity index (χ3v) is 2.19. The van der Waals surface area contributed by atoms with Crippen LogP contribution in [0.4, 0.5) is 0 Å². The van der Waals surface area contributed by atoms with Gasteiger partial charge in [0.1, 0.15) is 0 Å². The summed E-state index contributed by atoms with van der Waals surface area (Å²) in [6.45, 7) is 2.45. The van der Waals surface area contributed by atoms with E-state index in [4.69, 9.17) is 0 Å². The molecule has 1 saturated heterocycles. The van der Waals surface area contributed by atoms with Crippen LogP contribution in [0.25, 0.3) is 0 Å². The van der Waals surface area contributed by atoms with Crippen molar-refractivity contribution in [3.63, 3.8) is 0 Å². The summed E-state index contributed by atoms with van der Waals surface area (Å²) in [6, 6.07) is 0. The van der Waals surface area contributed by atoms with E-state index < -0.39 is 0 Å². The van der Waals surface area contributed by atoms with Gasteiger partial charge in [-0.05, 0) is 44.0 Å². The SMILES string of the molecule is SCC[C@H]1CCCNC1. The summed E-state index contributed by atoms with van der Waals surface area (Å²) in [7, 11) is 0. The van der Waals surface area contributed by atoms with Gasteiger partial charge in [0.25, 0.3) is 0 Å². The van der Waals surface area contributed by atoms with Crippen LogP contribution in [0.3, 0.4) is 0 Å². The smallest absolute Gasteiger partial charge is 0.00202 e. The van der Waals surface area contributed by atoms with Crippen LogP contribution in [0, 0.1) is 5.92 Å². The summed E-state index contributed by atoms with van der Waals surface area (Å²) < 4.78 is 0. The van der Waals surface area contributed by atoms with Crippen LogP contribution in [0.15, 0.2) is 0 Å². The van der Waals surface area contributed by atoms with E-state index in [9.17, 15) is 0 Å². The lowest BCUT2D eigenvalue weighted by Crippen LogP contribution is -2.29. The first kappa shape index (κ1) is 7.42. The van der Waals surface area contributed by atoms with E-state index in [1.54, 1.807) is 0 Å². The first-order valence-electron chi connectivity index (χ1n) is 3.75. The predicted molar refractivity (Wildman–Crippen MR) is 44.1 cm³/mol. The van der Waals surface area contributed by atoms with Gasteiger partial charge < -0.3 is 5.32 Å². The minimum atomic E-state index is 0.913. The molecular weight excluding hydrogens is 130 g/mol. The van der Waals surface area contributed by atoms with Crippen LogP contribution in [-0.2, 0) is 0 Å². The fraction of sp³-hybridized carbons (Fsp3) is 1.00. The Kier molecular flexibility index (Phi) is 3.44. The van der Waals surface area contributed by atoms with E-state index in [-0.39, 0.29) is 0 Å². The molecule has 1 N–H and O–H groups in total. The maximum Gasteiger partial charge on any atom is -0.00202 e. The van der Waals surface area contributed by atoms with Crippen LogP contribution < -0.4 is 5.32 Å². The Labute approximate surface area is 62.6 Å². The van der Waals surface area contributed by atoms with Crippen molar-refractivity contribution in [3.05, 3.63) is 0 Å². The van der Waals surface area contributed by atoms with Crippen molar-refractivity contribution in [1.82, 2.24) is 5.32 Å². The molecule has 0 unspecified atom stereocenters. The van der Waals surface area contributed by atoms with Crippen LogP contribution in [0.2, 0.25) is 0 Å². The minimum Gasteiger partial charge on any atom is -0.316 e. The van der Waals surface area contributed by atoms with Crippen LogP contribution in [0.5, 0.6) is 0 Å². The van der Waals surface area contributed by atoms with Crippen molar-refractivity contribution >= 4 is 12.6 Å². The van der Waals surface area contributed by atoms with Crippen molar-refractivity contribution in [3.8, 4) is 0 Å². The topological polar surface area (TPSA) is 12.0 Å². The molecule has 0 bridgehead atoms. The quantitative estimate of drug-likeness (QED) is 0.558. The van der Waals surface area contributed by atoms with Crippen molar-refractivity contribution < 1.29 is 0 Å². The van der Waals surface area contributed by atoms with Crippen LogP contribution in [0.1, 0.15) is 19.3 Å². The molecule has 1 heterocycles. The standard InChI is InChI=1S/C7H15NS/c9-5-3-7-2-1-4-8-6-7/h7-9H,1-6H2/t7-/m1/s1. The maximum absolute atomic E-state index is 4.20. The van der Waals surface area contributed by atoms with Gasteiger partial charge in [0.05, 0.1) is 0 Å². The van der Waals surface area contributed by atoms with E-state index in [1.807, 2.05) is 0 Å². The molecule has 0 aromatic heterocycles. The molecule has 0 amide bonds. The van der Waals surface area contributed by atoms with E-state index >= 15 is 0 Å². The zero-order chi connectivity index (χ0) is 6.53. The fourth-order valence-corrected chi connectivity index (χ4v) is 1.72. The Morgan fingerprint density at radius 2 is 2.44 bits per heavy atom. The largest absolute Gasteiger partial charge is 0.316 e. The fourth-order valence-electron chi connectivity index (χ4n) is 1.35. The summed E-state index contributed by atoms with van der Waals surface area (Å²) in [5, 5.41) is 3.39. The lowest BCUT2D eigenvalue weighted by molar-refractivity contribution is 0.371. The molecule has 1 fully saturated rings. The van der Waals surface area contributed by atoms with Gasteiger partial charge in [-0.25, -0.2) is 0 Å². The molecule has 9 heavy (non-hydrogen) atoms. The van der Waals surface area contributed by atoms with Crippen LogP contribution >= 0.6 is 12.6 Å². The number of hydrogen-bond acceptors (Lipinski definition) is 2. The van der Waals surface area contributed by atoms with E-state index in [0.717, 1.165) is 11.7 Å². The van der Waals surface area contributed by atoms with Crippen LogP contribution in [-0.4, -0.2) is 18.8 Å². The third-order valence-electron chi connectivity index (χ3n) is 1.94. The molecule has 1 nitrogen and oxygen atoms in total. The van der Waals surface area contributed by atoms with Gasteiger partial charge in [-0.1, -0.05) is 0 Å². The molecule has 0 aliphatic carbocycles. The highest BCUT2D eigenvalue weighted by atomic mass is 32.1. The summed E-state index contributed by atoms with van der Waals surface area (Å²) >= 11 is 4.20. The van der Waals surface area contributed by atoms with Crippen molar-refractivity contribution in [2.45, 2.75) is 19.3 Å². The normalized spacial score (nSPS) is 28.3. The number of hydrogen-bond donors (Lipinski definition) is 2. The first-order valence-corrected chi connectivity index (χ1v) is 4.38. The average Bonchev–Trinajstić information content (AvgIpc) is 1.91. The molecular formula is C7H15NS. The second-order valence-corrected chi connectivity index (χ2v) is 3.17. The molecule has 1 atom stereocenters. The Hall–Kier alpha value is 0.310. The molecule has 1 aliphatic heterocycles. The number of rotatable bonds is 2. The first-order chi connectivity index (χ1) is 4.43. The van der Waals surface area contributed by atoms with E-state index in [1.165, 1.54) is 32.4 Å². The third kappa shape index (κ3) is 2.59. The molecule has 1 rings (SSSR count). The van der Waals surface area contributed by atoms with Gasteiger partial charge in [0.15, 0.2) is 0 Å². The Bertz CT molecular complexity index is 66.6. The molecule has 0 aromatic carbocycles. The van der Waals surface area contributed by atoms with Gasteiger partial charge in [-0.3, -0.25) is 0 Å². The summed E-state index contributed by atoms with van der Waals surface area (Å²) in [5.74, 6) is 1.96. The number of piperidine rings is 1. The van der Waals surface area contributed by atoms with Gasteiger partial charge in [-0.2, -0.15) is 12.6 Å². The minimum absolute atomic E-state index is 0.913. The lowest BCUT2D eigenvalue weighted by atomic mass is 9.97. The average molecular weight is 145 g/mol. The van der Waals surface area contributed by atoms with Gasteiger partial charge in [0.2, 0.25) is 0 Å². The number of nitrogens with one attached hydrogen (secondary N) is 1. The predicted octanol–water partition coefficient (Wildman–Crippen LogP) is 1.31. The Morgan fingerprint density at radius 1 is 1.56 bits per heavy atom. The molecule has 1 aliphatic rings. The highest BCUT2D eigenvalue weighted by Gasteiger charge is 2.10. The molecule has 54 valence electrons. The monoisotopic (exact) mass is 145 g/mol. The molecule has 0 spiro atoms. The Balaban J connectivity index is 2.08. The second kappa shape index (κ2) is 4.18. The summed E-state index contributed by atoms with van der Waals surface area (Å²) in [6.07, 6.45) is 4.06. The maximum atomic E-state index is 4.20. The summed E-state index contributed by atoms with van der Waals surface area (Å²) in [4.78, 5) is 0. The van der Waals surface area contributed by atoms with Gasteiger partial charge in [-0.15, -0.1) is 0 Å². The zero-order valence-corrected chi connectivity index (χ0v) is 6.66. The Morgan fingerprint density at radius 3 is 3.00 bits per heavy atom. The molecule has 2 heteroatoms. The van der Waals surface area contributed by atoms with Crippen molar-refractivity contribution in [2.24, 2.45) is 5.92 Å². The van der Waals surface area contributed by atoms with Crippen molar-refractivity contribution in [2.75, 3.05) is 18.8 Å². The van der Waals surface area contributed by atoms with E-state index in [0.29, 0.717) is 0 Å². The molecule has 0 radical (unpaired) electrons. The van der Waals surface area contributed by atoms with E-state index in [2.05, 4.69) is 17.9 Å². The number of thiol groups is 1. The summed E-state index contributed by atoms with van der Waals surface area (Å²) in [5.41, 5.74) is 0. The second-order valence-electron chi connectivity index (χ2n) is 2.72. The lowest BCUT2D eigenvalue weighted by Gasteiger charge is -2.21.